The van der Waals surface area contributed by atoms with E-state index in [1.54, 1.807) is 4.90 Å². The van der Waals surface area contributed by atoms with Crippen LogP contribution in [0.5, 0.6) is 0 Å². The van der Waals surface area contributed by atoms with Gasteiger partial charge >= 0.3 is 0 Å². The Morgan fingerprint density at radius 3 is 2.84 bits per heavy atom. The van der Waals surface area contributed by atoms with Crippen molar-refractivity contribution in [1.29, 1.82) is 0 Å². The van der Waals surface area contributed by atoms with Crippen LogP contribution in [0.1, 0.15) is 47.2 Å². The van der Waals surface area contributed by atoms with Crippen LogP contribution in [-0.2, 0) is 22.7 Å². The van der Waals surface area contributed by atoms with E-state index in [1.165, 1.54) is 0 Å². The Bertz CT molecular complexity index is 689. The van der Waals surface area contributed by atoms with Crippen molar-refractivity contribution in [3.63, 3.8) is 0 Å². The number of hydrogen-bond acceptors (Lipinski definition) is 5. The third-order valence-electron chi connectivity index (χ3n) is 4.73. The molecular weight excluding hydrogens is 320 g/mol. The van der Waals surface area contributed by atoms with Gasteiger partial charge in [-0.15, -0.1) is 0 Å². The first kappa shape index (κ1) is 17.6. The summed E-state index contributed by atoms with van der Waals surface area (Å²) in [7, 11) is 0. The lowest BCUT2D eigenvalue weighted by molar-refractivity contribution is -0.136. The normalized spacial score (nSPS) is 20.0. The molecule has 1 aromatic carbocycles. The summed E-state index contributed by atoms with van der Waals surface area (Å²) in [6.45, 7) is 2.71. The number of hydrogen-bond donors (Lipinski definition) is 3. The largest absolute Gasteiger partial charge is 0.330 e. The number of rotatable bonds is 7. The maximum Gasteiger partial charge on any atom is 0.255 e. The van der Waals surface area contributed by atoms with Gasteiger partial charge in [-0.3, -0.25) is 19.7 Å². The lowest BCUT2D eigenvalue weighted by Gasteiger charge is -2.29. The molecule has 0 radical (unpaired) electrons. The molecule has 3 rings (SSSR count). The Hall–Kier alpha value is -2.25. The van der Waals surface area contributed by atoms with E-state index < -0.39 is 6.04 Å². The van der Waals surface area contributed by atoms with E-state index in [4.69, 9.17) is 5.73 Å². The van der Waals surface area contributed by atoms with Gasteiger partial charge in [0.25, 0.3) is 5.91 Å². The molecule has 1 aromatic rings. The summed E-state index contributed by atoms with van der Waals surface area (Å²) in [5, 5.41) is 5.67. The fourth-order valence-electron chi connectivity index (χ4n) is 3.34. The zero-order valence-corrected chi connectivity index (χ0v) is 14.2. The van der Waals surface area contributed by atoms with Crippen LogP contribution in [0.3, 0.4) is 0 Å². The van der Waals surface area contributed by atoms with Crippen molar-refractivity contribution in [2.45, 2.75) is 44.8 Å². The van der Waals surface area contributed by atoms with Crippen molar-refractivity contribution in [3.8, 4) is 0 Å². The number of piperidine rings is 1. The summed E-state index contributed by atoms with van der Waals surface area (Å²) < 4.78 is 0. The van der Waals surface area contributed by atoms with Crippen LogP contribution in [0, 0.1) is 0 Å². The van der Waals surface area contributed by atoms with Crippen LogP contribution in [0.15, 0.2) is 18.2 Å². The van der Waals surface area contributed by atoms with Crippen molar-refractivity contribution in [1.82, 2.24) is 15.5 Å². The second kappa shape index (κ2) is 7.76. The molecule has 0 spiro atoms. The zero-order valence-electron chi connectivity index (χ0n) is 14.2. The van der Waals surface area contributed by atoms with Crippen LogP contribution in [0.4, 0.5) is 0 Å². The SMILES string of the molecule is NCCCCNCc1ccc2c(c1)C(=O)N(C1CCC(=O)NC1=O)C2. The number of amides is 3. The number of nitrogens with zero attached hydrogens (tertiary/aromatic N) is 1. The molecule has 1 atom stereocenters. The molecule has 2 aliphatic rings. The first-order chi connectivity index (χ1) is 12.1. The fourth-order valence-corrected chi connectivity index (χ4v) is 3.34. The maximum atomic E-state index is 12.7. The molecular formula is C18H24N4O3. The number of imide groups is 1. The molecule has 0 aromatic heterocycles. The average Bonchev–Trinajstić information content (AvgIpc) is 2.91. The highest BCUT2D eigenvalue weighted by Crippen LogP contribution is 2.28. The standard InChI is InChI=1S/C18H24N4O3/c19-7-1-2-8-20-10-12-3-4-13-11-22(18(25)14(13)9-12)15-5-6-16(23)21-17(15)24/h3-4,9,15,20H,1-2,5-8,10-11,19H2,(H,21,23,24). The number of nitrogens with two attached hydrogens (primary N) is 1. The highest BCUT2D eigenvalue weighted by Gasteiger charge is 2.38. The number of unbranched alkanes of at least 4 members (excludes halogenated alkanes) is 1. The van der Waals surface area contributed by atoms with E-state index in [0.29, 0.717) is 31.6 Å². The second-order valence-electron chi connectivity index (χ2n) is 6.56. The highest BCUT2D eigenvalue weighted by molar-refractivity contribution is 6.05. The van der Waals surface area contributed by atoms with Crippen LogP contribution in [-0.4, -0.2) is 41.8 Å². The van der Waals surface area contributed by atoms with Gasteiger partial charge in [0, 0.05) is 25.1 Å². The minimum atomic E-state index is -0.560. The lowest BCUT2D eigenvalue weighted by atomic mass is 10.0. The van der Waals surface area contributed by atoms with Crippen molar-refractivity contribution in [3.05, 3.63) is 34.9 Å². The molecule has 3 amide bonds. The van der Waals surface area contributed by atoms with E-state index in [2.05, 4.69) is 10.6 Å². The van der Waals surface area contributed by atoms with E-state index in [9.17, 15) is 14.4 Å². The first-order valence-corrected chi connectivity index (χ1v) is 8.77. The molecule has 134 valence electrons. The van der Waals surface area contributed by atoms with Gasteiger partial charge in [0.1, 0.15) is 6.04 Å². The van der Waals surface area contributed by atoms with Crippen LogP contribution in [0.25, 0.3) is 0 Å². The number of fused-ring (bicyclic) bond motifs is 1. The van der Waals surface area contributed by atoms with Crippen LogP contribution >= 0.6 is 0 Å². The van der Waals surface area contributed by atoms with Crippen molar-refractivity contribution < 1.29 is 14.4 Å². The molecule has 1 fully saturated rings. The Balaban J connectivity index is 1.63. The minimum Gasteiger partial charge on any atom is -0.330 e. The van der Waals surface area contributed by atoms with Gasteiger partial charge < -0.3 is 16.0 Å². The van der Waals surface area contributed by atoms with Crippen molar-refractivity contribution >= 4 is 17.7 Å². The van der Waals surface area contributed by atoms with E-state index in [-0.39, 0.29) is 24.1 Å². The van der Waals surface area contributed by atoms with Gasteiger partial charge in [-0.05, 0) is 49.5 Å². The molecule has 2 heterocycles. The van der Waals surface area contributed by atoms with Crippen molar-refractivity contribution in [2.75, 3.05) is 13.1 Å². The third-order valence-corrected chi connectivity index (χ3v) is 4.73. The molecule has 7 nitrogen and oxygen atoms in total. The van der Waals surface area contributed by atoms with E-state index in [0.717, 1.165) is 30.5 Å². The monoisotopic (exact) mass is 344 g/mol. The molecule has 1 saturated heterocycles. The lowest BCUT2D eigenvalue weighted by Crippen LogP contribution is -2.52. The summed E-state index contributed by atoms with van der Waals surface area (Å²) >= 11 is 0. The Morgan fingerprint density at radius 1 is 1.24 bits per heavy atom. The van der Waals surface area contributed by atoms with Crippen LogP contribution in [0.2, 0.25) is 0 Å². The summed E-state index contributed by atoms with van der Waals surface area (Å²) in [4.78, 5) is 37.6. The van der Waals surface area contributed by atoms with Crippen molar-refractivity contribution in [2.24, 2.45) is 5.73 Å². The predicted molar refractivity (Wildman–Crippen MR) is 92.5 cm³/mol. The molecule has 0 bridgehead atoms. The van der Waals surface area contributed by atoms with Gasteiger partial charge in [-0.25, -0.2) is 0 Å². The van der Waals surface area contributed by atoms with E-state index in [1.807, 2.05) is 18.2 Å². The average molecular weight is 344 g/mol. The Labute approximate surface area is 146 Å². The highest BCUT2D eigenvalue weighted by atomic mass is 16.2. The van der Waals surface area contributed by atoms with Crippen LogP contribution < -0.4 is 16.4 Å². The third kappa shape index (κ3) is 3.88. The molecule has 4 N–H and O–H groups in total. The molecule has 0 aliphatic carbocycles. The smallest absolute Gasteiger partial charge is 0.255 e. The Kier molecular flexibility index (Phi) is 5.45. The summed E-state index contributed by atoms with van der Waals surface area (Å²) in [5.74, 6) is -0.776. The number of carbonyl (C=O) groups excluding carboxylic acids is 3. The summed E-state index contributed by atoms with van der Waals surface area (Å²) in [5.41, 5.74) is 8.11. The van der Waals surface area contributed by atoms with Gasteiger partial charge in [0.05, 0.1) is 0 Å². The fraction of sp³-hybridized carbons (Fsp3) is 0.500. The second-order valence-corrected chi connectivity index (χ2v) is 6.56. The number of benzene rings is 1. The van der Waals surface area contributed by atoms with Gasteiger partial charge in [0.15, 0.2) is 0 Å². The molecule has 25 heavy (non-hydrogen) atoms. The Morgan fingerprint density at radius 2 is 2.08 bits per heavy atom. The zero-order chi connectivity index (χ0) is 17.8. The molecule has 2 aliphatic heterocycles. The predicted octanol–water partition coefficient (Wildman–Crippen LogP) is 0.276. The van der Waals surface area contributed by atoms with E-state index >= 15 is 0 Å². The van der Waals surface area contributed by atoms with Gasteiger partial charge in [-0.2, -0.15) is 0 Å². The number of carbonyl (C=O) groups is 3. The van der Waals surface area contributed by atoms with Gasteiger partial charge in [-0.1, -0.05) is 12.1 Å². The van der Waals surface area contributed by atoms with Gasteiger partial charge in [0.2, 0.25) is 11.8 Å². The molecule has 0 saturated carbocycles. The topological polar surface area (TPSA) is 105 Å². The molecule has 7 heteroatoms. The summed E-state index contributed by atoms with van der Waals surface area (Å²) in [6.07, 6.45) is 2.69. The minimum absolute atomic E-state index is 0.130. The maximum absolute atomic E-state index is 12.7. The first-order valence-electron chi connectivity index (χ1n) is 8.77. The quantitative estimate of drug-likeness (QED) is 0.487. The molecule has 1 unspecified atom stereocenters. The summed E-state index contributed by atoms with van der Waals surface area (Å²) in [6, 6.07) is 5.31. The number of nitrogens with one attached hydrogen (secondary N) is 2.